The van der Waals surface area contributed by atoms with Crippen LogP contribution in [0.3, 0.4) is 0 Å². The molecule has 2 heterocycles. The molecule has 0 aliphatic carbocycles. The van der Waals surface area contributed by atoms with Gasteiger partial charge in [0.05, 0.1) is 12.0 Å². The molecule has 1 aliphatic heterocycles. The summed E-state index contributed by atoms with van der Waals surface area (Å²) in [5.74, 6) is -0.444. The number of aromatic nitrogens is 2. The molecule has 0 bridgehead atoms. The molecule has 1 aromatic rings. The van der Waals surface area contributed by atoms with Crippen LogP contribution in [0.2, 0.25) is 0 Å². The molecule has 0 spiro atoms. The number of carbonyl (C=O) groups excluding carboxylic acids is 1. The Morgan fingerprint density at radius 2 is 2.33 bits per heavy atom. The van der Waals surface area contributed by atoms with Gasteiger partial charge in [0.15, 0.2) is 0 Å². The van der Waals surface area contributed by atoms with Crippen molar-refractivity contribution in [2.24, 2.45) is 0 Å². The van der Waals surface area contributed by atoms with Gasteiger partial charge in [-0.3, -0.25) is 9.44 Å². The van der Waals surface area contributed by atoms with Crippen molar-refractivity contribution in [1.29, 1.82) is 0 Å². The molecule has 10 heteroatoms. The number of allylic oxidation sites excluding steroid dienone is 2. The average Bonchev–Trinajstić information content (AvgIpc) is 3.24. The number of hydrogen-bond acceptors (Lipinski definition) is 7. The molecule has 0 amide bonds. The van der Waals surface area contributed by atoms with Crippen LogP contribution in [0.25, 0.3) is 0 Å². The molecule has 0 radical (unpaired) electrons. The lowest BCUT2D eigenvalue weighted by Crippen LogP contribution is -2.51. The summed E-state index contributed by atoms with van der Waals surface area (Å²) in [5, 5.41) is 23.0. The van der Waals surface area contributed by atoms with Gasteiger partial charge in [-0.25, -0.2) is 4.90 Å². The number of nitrogens with zero attached hydrogens (tertiary/aromatic N) is 4. The number of hydroxylamine groups is 2. The number of quaternary nitrogens is 1. The Labute approximate surface area is 177 Å². The van der Waals surface area contributed by atoms with Gasteiger partial charge in [-0.15, -0.1) is 16.7 Å². The maximum Gasteiger partial charge on any atom is 0.324 e. The van der Waals surface area contributed by atoms with Crippen molar-refractivity contribution in [3.05, 3.63) is 22.4 Å². The molecule has 4 unspecified atom stereocenters. The summed E-state index contributed by atoms with van der Waals surface area (Å²) in [5.41, 5.74) is -0.348. The van der Waals surface area contributed by atoms with E-state index in [2.05, 4.69) is 32.2 Å². The minimum absolute atomic E-state index is 0.0783. The third kappa shape index (κ3) is 5.71. The molecule has 1 aromatic heterocycles. The SMILES string of the molecule is CC=CCCCc1nnc([N+]2([O-])CN(C(C)Cl)CC2OC(=O)C(Br)CC)s1. The Morgan fingerprint density at radius 1 is 1.59 bits per heavy atom. The van der Waals surface area contributed by atoms with E-state index in [4.69, 9.17) is 16.3 Å². The summed E-state index contributed by atoms with van der Waals surface area (Å²) in [7, 11) is 0. The summed E-state index contributed by atoms with van der Waals surface area (Å²) < 4.78 is 4.68. The Hall–Kier alpha value is -0.580. The van der Waals surface area contributed by atoms with Gasteiger partial charge >= 0.3 is 11.1 Å². The van der Waals surface area contributed by atoms with E-state index in [1.54, 1.807) is 11.8 Å². The number of unbranched alkanes of at least 4 members (excludes halogenated alkanes) is 1. The van der Waals surface area contributed by atoms with Crippen molar-refractivity contribution >= 4 is 50.0 Å². The molecule has 1 saturated heterocycles. The highest BCUT2D eigenvalue weighted by Gasteiger charge is 2.48. The number of aryl methyl sites for hydroxylation is 1. The molecule has 152 valence electrons. The monoisotopic (exact) mass is 480 g/mol. The summed E-state index contributed by atoms with van der Waals surface area (Å²) in [4.78, 5) is 13.6. The van der Waals surface area contributed by atoms with E-state index in [9.17, 15) is 10.0 Å². The van der Waals surface area contributed by atoms with Gasteiger partial charge in [-0.05, 0) is 44.4 Å². The molecular weight excluding hydrogens is 456 g/mol. The van der Waals surface area contributed by atoms with E-state index in [1.807, 2.05) is 19.9 Å². The number of hydrogen-bond donors (Lipinski definition) is 0. The van der Waals surface area contributed by atoms with Crippen LogP contribution in [0.4, 0.5) is 5.13 Å². The molecule has 0 N–H and O–H groups in total. The van der Waals surface area contributed by atoms with Gasteiger partial charge in [0.2, 0.25) is 0 Å². The fourth-order valence-corrected chi connectivity index (χ4v) is 3.93. The number of halogens is 2. The zero-order valence-electron chi connectivity index (χ0n) is 15.8. The largest absolute Gasteiger partial charge is 0.622 e. The van der Waals surface area contributed by atoms with Crippen molar-refractivity contribution < 1.29 is 9.53 Å². The molecule has 2 rings (SSSR count). The van der Waals surface area contributed by atoms with E-state index in [0.29, 0.717) is 11.6 Å². The van der Waals surface area contributed by atoms with Gasteiger partial charge in [0.1, 0.15) is 16.5 Å². The minimum Gasteiger partial charge on any atom is -0.622 e. The highest BCUT2D eigenvalue weighted by Crippen LogP contribution is 2.36. The molecule has 1 fully saturated rings. The number of alkyl halides is 2. The van der Waals surface area contributed by atoms with Crippen molar-refractivity contribution in [2.45, 2.75) is 63.0 Å². The predicted octanol–water partition coefficient (Wildman–Crippen LogP) is 4.14. The lowest BCUT2D eigenvalue weighted by atomic mass is 10.2. The van der Waals surface area contributed by atoms with Gasteiger partial charge in [-0.2, -0.15) is 0 Å². The number of carbonyl (C=O) groups is 1. The average molecular weight is 482 g/mol. The van der Waals surface area contributed by atoms with Crippen molar-refractivity contribution in [2.75, 3.05) is 13.2 Å². The zero-order valence-corrected chi connectivity index (χ0v) is 19.0. The highest BCUT2D eigenvalue weighted by atomic mass is 79.9. The topological polar surface area (TPSA) is 78.4 Å². The van der Waals surface area contributed by atoms with E-state index >= 15 is 0 Å². The lowest BCUT2D eigenvalue weighted by molar-refractivity contribution is -0.152. The van der Waals surface area contributed by atoms with Crippen LogP contribution in [0.5, 0.6) is 0 Å². The first-order valence-electron chi connectivity index (χ1n) is 9.07. The maximum absolute atomic E-state index is 13.6. The van der Waals surface area contributed by atoms with Crippen LogP contribution in [-0.2, 0) is 16.0 Å². The summed E-state index contributed by atoms with van der Waals surface area (Å²) in [6.45, 7) is 5.99. The van der Waals surface area contributed by atoms with Crippen molar-refractivity contribution in [1.82, 2.24) is 19.7 Å². The fourth-order valence-electron chi connectivity index (χ4n) is 2.73. The Kier molecular flexibility index (Phi) is 8.64. The number of ether oxygens (including phenoxy) is 1. The number of rotatable bonds is 9. The Balaban J connectivity index is 2.16. The van der Waals surface area contributed by atoms with E-state index in [0.717, 1.165) is 24.3 Å². The summed E-state index contributed by atoms with van der Waals surface area (Å²) in [6, 6.07) is 0. The molecule has 4 atom stereocenters. The van der Waals surface area contributed by atoms with Crippen LogP contribution >= 0.6 is 38.9 Å². The standard InChI is InChI=1S/C17H26BrClN4O3S/c1-4-6-7-8-9-14-20-21-17(27-14)23(25)11-22(12(3)19)10-15(23)26-16(24)13(18)5-2/h4,6,12-13,15H,5,7-11H2,1-3H3. The van der Waals surface area contributed by atoms with E-state index in [-0.39, 0.29) is 18.7 Å². The lowest BCUT2D eigenvalue weighted by Gasteiger charge is -2.38. The molecule has 7 nitrogen and oxygen atoms in total. The van der Waals surface area contributed by atoms with Gasteiger partial charge in [0, 0.05) is 6.42 Å². The summed E-state index contributed by atoms with van der Waals surface area (Å²) >= 11 is 10.7. The van der Waals surface area contributed by atoms with Crippen LogP contribution in [0.15, 0.2) is 12.2 Å². The third-order valence-corrected chi connectivity index (χ3v) is 6.79. The van der Waals surface area contributed by atoms with Crippen molar-refractivity contribution in [3.8, 4) is 0 Å². The second kappa shape index (κ2) is 10.3. The van der Waals surface area contributed by atoms with Crippen LogP contribution in [0.1, 0.15) is 45.0 Å². The highest BCUT2D eigenvalue weighted by molar-refractivity contribution is 9.10. The second-order valence-electron chi connectivity index (χ2n) is 6.49. The first-order valence-corrected chi connectivity index (χ1v) is 11.2. The van der Waals surface area contributed by atoms with E-state index < -0.39 is 21.7 Å². The van der Waals surface area contributed by atoms with Gasteiger partial charge in [0.25, 0.3) is 6.23 Å². The zero-order chi connectivity index (χ0) is 20.0. The fraction of sp³-hybridized carbons (Fsp3) is 0.706. The van der Waals surface area contributed by atoms with Gasteiger partial charge in [-0.1, -0.05) is 40.1 Å². The van der Waals surface area contributed by atoms with Crippen molar-refractivity contribution in [3.63, 3.8) is 0 Å². The van der Waals surface area contributed by atoms with Crippen LogP contribution in [0, 0.1) is 5.21 Å². The van der Waals surface area contributed by atoms with Crippen LogP contribution in [-0.4, -0.2) is 50.8 Å². The van der Waals surface area contributed by atoms with Crippen LogP contribution < -0.4 is 4.65 Å². The normalized spacial score (nSPS) is 25.8. The Morgan fingerprint density at radius 3 is 2.96 bits per heavy atom. The molecule has 1 aliphatic rings. The predicted molar refractivity (Wildman–Crippen MR) is 113 cm³/mol. The summed E-state index contributed by atoms with van der Waals surface area (Å²) in [6.07, 6.45) is 6.46. The quantitative estimate of drug-likeness (QED) is 0.100. The first kappa shape index (κ1) is 22.7. The first-order chi connectivity index (χ1) is 12.8. The third-order valence-electron chi connectivity index (χ3n) is 4.39. The Bertz CT molecular complexity index is 660. The smallest absolute Gasteiger partial charge is 0.324 e. The van der Waals surface area contributed by atoms with Gasteiger partial charge < -0.3 is 9.94 Å². The molecule has 0 saturated carbocycles. The van der Waals surface area contributed by atoms with E-state index in [1.165, 1.54) is 11.3 Å². The molecule has 27 heavy (non-hydrogen) atoms. The second-order valence-corrected chi connectivity index (χ2v) is 9.27. The molecule has 0 aromatic carbocycles. The molecular formula is C17H26BrClN4O3S. The minimum atomic E-state index is -0.908. The number of esters is 1. The maximum atomic E-state index is 13.6.